The number of benzene rings is 1. The number of rotatable bonds is 5. The fourth-order valence-electron chi connectivity index (χ4n) is 2.94. The summed E-state index contributed by atoms with van der Waals surface area (Å²) in [6.45, 7) is 7.84. The molecule has 3 rings (SSSR count). The van der Waals surface area contributed by atoms with Crippen molar-refractivity contribution in [2.45, 2.75) is 33.2 Å². The maximum absolute atomic E-state index is 5.85. The quantitative estimate of drug-likeness (QED) is 0.918. The van der Waals surface area contributed by atoms with Crippen LogP contribution in [0.5, 0.6) is 0 Å². The van der Waals surface area contributed by atoms with Crippen LogP contribution in [0.1, 0.15) is 31.7 Å². The Bertz CT molecular complexity index is 622. The molecule has 1 aromatic carbocycles. The average molecular weight is 300 g/mol. The molecule has 22 heavy (non-hydrogen) atoms. The largest absolute Gasteiger partial charge is 0.338 e. The van der Waals surface area contributed by atoms with Gasteiger partial charge >= 0.3 is 0 Å². The zero-order chi connectivity index (χ0) is 15.6. The first kappa shape index (κ1) is 15.2. The van der Waals surface area contributed by atoms with Gasteiger partial charge in [0.2, 0.25) is 11.7 Å². The molecule has 1 aliphatic heterocycles. The molecule has 0 bridgehead atoms. The molecule has 5 nitrogen and oxygen atoms in total. The molecule has 2 N–H and O–H groups in total. The molecule has 1 atom stereocenters. The summed E-state index contributed by atoms with van der Waals surface area (Å²) in [6, 6.07) is 8.32. The van der Waals surface area contributed by atoms with Crippen LogP contribution in [0.2, 0.25) is 0 Å². The number of aromatic nitrogens is 2. The lowest BCUT2D eigenvalue weighted by molar-refractivity contribution is 0.239. The number of hydrogen-bond acceptors (Lipinski definition) is 5. The Balaban J connectivity index is 1.66. The zero-order valence-electron chi connectivity index (χ0n) is 13.4. The van der Waals surface area contributed by atoms with Gasteiger partial charge in [-0.25, -0.2) is 0 Å². The molecule has 1 saturated heterocycles. The van der Waals surface area contributed by atoms with Crippen molar-refractivity contribution >= 4 is 0 Å². The van der Waals surface area contributed by atoms with E-state index < -0.39 is 0 Å². The maximum Gasteiger partial charge on any atom is 0.241 e. The van der Waals surface area contributed by atoms with Crippen molar-refractivity contribution in [2.75, 3.05) is 19.6 Å². The molecule has 0 spiro atoms. The molecular formula is C17H24N4O. The first-order valence-electron chi connectivity index (χ1n) is 7.96. The second-order valence-electron chi connectivity index (χ2n) is 6.54. The van der Waals surface area contributed by atoms with E-state index in [9.17, 15) is 0 Å². The van der Waals surface area contributed by atoms with E-state index in [0.717, 1.165) is 38.0 Å². The normalized spacial score (nSPS) is 22.3. The SMILES string of the molecule is CCc1ccc(-c2noc(CN3CCC(C)(CN)C3)n2)cc1. The second kappa shape index (κ2) is 6.18. The molecular weight excluding hydrogens is 276 g/mol. The highest BCUT2D eigenvalue weighted by atomic mass is 16.5. The monoisotopic (exact) mass is 300 g/mol. The van der Waals surface area contributed by atoms with Gasteiger partial charge in [-0.15, -0.1) is 0 Å². The predicted octanol–water partition coefficient (Wildman–Crippen LogP) is 2.47. The number of likely N-dealkylation sites (tertiary alicyclic amines) is 1. The van der Waals surface area contributed by atoms with E-state index in [4.69, 9.17) is 10.3 Å². The van der Waals surface area contributed by atoms with Gasteiger partial charge in [-0.2, -0.15) is 4.98 Å². The van der Waals surface area contributed by atoms with Gasteiger partial charge in [0.25, 0.3) is 0 Å². The van der Waals surface area contributed by atoms with Crippen molar-refractivity contribution in [1.29, 1.82) is 0 Å². The van der Waals surface area contributed by atoms with Gasteiger partial charge < -0.3 is 10.3 Å². The van der Waals surface area contributed by atoms with Gasteiger partial charge in [0.1, 0.15) is 0 Å². The third-order valence-electron chi connectivity index (χ3n) is 4.58. The highest BCUT2D eigenvalue weighted by molar-refractivity contribution is 5.54. The second-order valence-corrected chi connectivity index (χ2v) is 6.54. The zero-order valence-corrected chi connectivity index (χ0v) is 13.4. The van der Waals surface area contributed by atoms with Crippen LogP contribution < -0.4 is 5.73 Å². The fourth-order valence-corrected chi connectivity index (χ4v) is 2.94. The Morgan fingerprint density at radius 1 is 1.32 bits per heavy atom. The van der Waals surface area contributed by atoms with E-state index in [1.165, 1.54) is 5.56 Å². The molecule has 5 heteroatoms. The van der Waals surface area contributed by atoms with E-state index in [2.05, 4.69) is 53.2 Å². The molecule has 0 amide bonds. The minimum atomic E-state index is 0.221. The van der Waals surface area contributed by atoms with E-state index in [-0.39, 0.29) is 5.41 Å². The van der Waals surface area contributed by atoms with Crippen LogP contribution in [-0.2, 0) is 13.0 Å². The van der Waals surface area contributed by atoms with E-state index in [1.807, 2.05) is 0 Å². The molecule has 118 valence electrons. The Morgan fingerprint density at radius 2 is 2.09 bits per heavy atom. The number of hydrogen-bond donors (Lipinski definition) is 1. The summed E-state index contributed by atoms with van der Waals surface area (Å²) in [4.78, 5) is 6.86. The Kier molecular flexibility index (Phi) is 4.27. The number of nitrogens with zero attached hydrogens (tertiary/aromatic N) is 3. The van der Waals surface area contributed by atoms with Crippen LogP contribution in [0, 0.1) is 5.41 Å². The van der Waals surface area contributed by atoms with Gasteiger partial charge in [-0.1, -0.05) is 43.3 Å². The van der Waals surface area contributed by atoms with Gasteiger partial charge in [0.05, 0.1) is 6.54 Å². The summed E-state index contributed by atoms with van der Waals surface area (Å²) in [5, 5.41) is 4.10. The molecule has 2 heterocycles. The van der Waals surface area contributed by atoms with Crippen molar-refractivity contribution in [2.24, 2.45) is 11.1 Å². The fraction of sp³-hybridized carbons (Fsp3) is 0.529. The summed E-state index contributed by atoms with van der Waals surface area (Å²) in [5.74, 6) is 1.34. The highest BCUT2D eigenvalue weighted by Crippen LogP contribution is 2.29. The average Bonchev–Trinajstić information content (AvgIpc) is 3.16. The third-order valence-corrected chi connectivity index (χ3v) is 4.58. The van der Waals surface area contributed by atoms with E-state index in [1.54, 1.807) is 0 Å². The highest BCUT2D eigenvalue weighted by Gasteiger charge is 2.33. The summed E-state index contributed by atoms with van der Waals surface area (Å²) in [6.07, 6.45) is 2.16. The summed E-state index contributed by atoms with van der Waals surface area (Å²) < 4.78 is 5.41. The van der Waals surface area contributed by atoms with Crippen LogP contribution in [0.3, 0.4) is 0 Å². The third kappa shape index (κ3) is 3.20. The van der Waals surface area contributed by atoms with Gasteiger partial charge in [0.15, 0.2) is 0 Å². The van der Waals surface area contributed by atoms with Gasteiger partial charge in [-0.3, -0.25) is 4.90 Å². The standard InChI is InChI=1S/C17H24N4O/c1-3-13-4-6-14(7-5-13)16-19-15(22-20-16)10-21-9-8-17(2,11-18)12-21/h4-7H,3,8-12,18H2,1-2H3. The Morgan fingerprint density at radius 3 is 2.73 bits per heavy atom. The minimum absolute atomic E-state index is 0.221. The van der Waals surface area contributed by atoms with Crippen LogP contribution in [-0.4, -0.2) is 34.7 Å². The van der Waals surface area contributed by atoms with Gasteiger partial charge in [0, 0.05) is 12.1 Å². The van der Waals surface area contributed by atoms with Crippen LogP contribution >= 0.6 is 0 Å². The lowest BCUT2D eigenvalue weighted by Gasteiger charge is -2.21. The van der Waals surface area contributed by atoms with E-state index >= 15 is 0 Å². The lowest BCUT2D eigenvalue weighted by Crippen LogP contribution is -2.31. The number of aryl methyl sites for hydroxylation is 1. The van der Waals surface area contributed by atoms with Crippen molar-refractivity contribution in [1.82, 2.24) is 15.0 Å². The topological polar surface area (TPSA) is 68.2 Å². The van der Waals surface area contributed by atoms with Crippen molar-refractivity contribution in [3.05, 3.63) is 35.7 Å². The van der Waals surface area contributed by atoms with Gasteiger partial charge in [-0.05, 0) is 36.9 Å². The van der Waals surface area contributed by atoms with Crippen LogP contribution in [0.15, 0.2) is 28.8 Å². The van der Waals surface area contributed by atoms with Crippen LogP contribution in [0.4, 0.5) is 0 Å². The molecule has 0 saturated carbocycles. The van der Waals surface area contributed by atoms with Crippen LogP contribution in [0.25, 0.3) is 11.4 Å². The van der Waals surface area contributed by atoms with E-state index in [0.29, 0.717) is 18.3 Å². The molecule has 1 aromatic heterocycles. The molecule has 2 aromatic rings. The first-order valence-corrected chi connectivity index (χ1v) is 7.96. The van der Waals surface area contributed by atoms with Crippen molar-refractivity contribution in [3.8, 4) is 11.4 Å². The predicted molar refractivity (Wildman–Crippen MR) is 86.2 cm³/mol. The molecule has 0 aliphatic carbocycles. The summed E-state index contributed by atoms with van der Waals surface area (Å²) in [7, 11) is 0. The summed E-state index contributed by atoms with van der Waals surface area (Å²) in [5.41, 5.74) is 8.38. The first-order chi connectivity index (χ1) is 10.6. The molecule has 1 unspecified atom stereocenters. The molecule has 0 radical (unpaired) electrons. The minimum Gasteiger partial charge on any atom is -0.338 e. The smallest absolute Gasteiger partial charge is 0.241 e. The number of nitrogens with two attached hydrogens (primary N) is 1. The molecule has 1 aliphatic rings. The maximum atomic E-state index is 5.85. The lowest BCUT2D eigenvalue weighted by atomic mass is 9.90. The van der Waals surface area contributed by atoms with Crippen molar-refractivity contribution < 1.29 is 4.52 Å². The summed E-state index contributed by atoms with van der Waals surface area (Å²) >= 11 is 0. The Labute approximate surface area is 131 Å². The van der Waals surface area contributed by atoms with Crippen molar-refractivity contribution in [3.63, 3.8) is 0 Å². The Hall–Kier alpha value is -1.72. The molecule has 1 fully saturated rings.